The fraction of sp³-hybridized carbons (Fsp3) is 0.438. The van der Waals surface area contributed by atoms with E-state index in [-0.39, 0.29) is 23.4 Å². The highest BCUT2D eigenvalue weighted by Gasteiger charge is 2.25. The van der Waals surface area contributed by atoms with Crippen molar-refractivity contribution in [2.45, 2.75) is 32.2 Å². The summed E-state index contributed by atoms with van der Waals surface area (Å²) in [7, 11) is 0. The molecule has 0 radical (unpaired) electrons. The third-order valence-electron chi connectivity index (χ3n) is 4.06. The zero-order valence-corrected chi connectivity index (χ0v) is 12.5. The second-order valence-corrected chi connectivity index (χ2v) is 5.70. The van der Waals surface area contributed by atoms with E-state index in [0.29, 0.717) is 18.0 Å². The van der Waals surface area contributed by atoms with Gasteiger partial charge in [0.25, 0.3) is 5.56 Å². The standard InChI is InChI=1S/C16H19N3O3/c1-11(10-17-16(21)12-4-2-5-12)19-15(20)8-7-13(18-19)14-6-3-9-22-14/h3,6-9,11-12H,2,4-5,10H2,1H3,(H,17,21). The van der Waals surface area contributed by atoms with Crippen molar-refractivity contribution >= 4 is 5.91 Å². The molecule has 2 aromatic heterocycles. The molecular weight excluding hydrogens is 282 g/mol. The molecule has 1 amide bonds. The Hall–Kier alpha value is -2.37. The molecule has 1 unspecified atom stereocenters. The van der Waals surface area contributed by atoms with Crippen LogP contribution in [0.15, 0.2) is 39.7 Å². The van der Waals surface area contributed by atoms with Crippen LogP contribution in [-0.2, 0) is 4.79 Å². The molecule has 0 bridgehead atoms. The van der Waals surface area contributed by atoms with Crippen molar-refractivity contribution in [3.8, 4) is 11.5 Å². The number of furan rings is 1. The van der Waals surface area contributed by atoms with Crippen LogP contribution in [0.4, 0.5) is 0 Å². The minimum atomic E-state index is -0.216. The van der Waals surface area contributed by atoms with E-state index in [0.717, 1.165) is 19.3 Å². The van der Waals surface area contributed by atoms with Crippen LogP contribution in [0.5, 0.6) is 0 Å². The largest absolute Gasteiger partial charge is 0.463 e. The molecule has 2 aromatic rings. The van der Waals surface area contributed by atoms with Crippen LogP contribution >= 0.6 is 0 Å². The molecule has 2 heterocycles. The van der Waals surface area contributed by atoms with Crippen LogP contribution < -0.4 is 10.9 Å². The lowest BCUT2D eigenvalue weighted by Gasteiger charge is -2.25. The van der Waals surface area contributed by atoms with Crippen LogP contribution in [0.1, 0.15) is 32.2 Å². The van der Waals surface area contributed by atoms with Gasteiger partial charge in [0.05, 0.1) is 12.3 Å². The molecular formula is C16H19N3O3. The summed E-state index contributed by atoms with van der Waals surface area (Å²) in [6.07, 6.45) is 4.62. The zero-order valence-electron chi connectivity index (χ0n) is 12.5. The summed E-state index contributed by atoms with van der Waals surface area (Å²) < 4.78 is 6.69. The van der Waals surface area contributed by atoms with Gasteiger partial charge in [0.2, 0.25) is 5.91 Å². The topological polar surface area (TPSA) is 77.1 Å². The van der Waals surface area contributed by atoms with E-state index in [2.05, 4.69) is 10.4 Å². The molecule has 22 heavy (non-hydrogen) atoms. The first-order valence-corrected chi connectivity index (χ1v) is 7.56. The normalized spacial score (nSPS) is 16.0. The summed E-state index contributed by atoms with van der Waals surface area (Å²) in [4.78, 5) is 23.9. The summed E-state index contributed by atoms with van der Waals surface area (Å²) in [6, 6.07) is 6.45. The van der Waals surface area contributed by atoms with Gasteiger partial charge in [-0.15, -0.1) is 0 Å². The maximum Gasteiger partial charge on any atom is 0.267 e. The van der Waals surface area contributed by atoms with Gasteiger partial charge in [-0.25, -0.2) is 4.68 Å². The molecule has 1 aliphatic rings. The van der Waals surface area contributed by atoms with Crippen molar-refractivity contribution in [3.63, 3.8) is 0 Å². The van der Waals surface area contributed by atoms with Gasteiger partial charge in [-0.2, -0.15) is 5.10 Å². The SMILES string of the molecule is CC(CNC(=O)C1CCC1)n1nc(-c2ccco2)ccc1=O. The number of rotatable bonds is 5. The lowest BCUT2D eigenvalue weighted by Crippen LogP contribution is -2.39. The number of amides is 1. The van der Waals surface area contributed by atoms with E-state index < -0.39 is 0 Å². The van der Waals surface area contributed by atoms with Gasteiger partial charge in [-0.05, 0) is 38.0 Å². The molecule has 1 fully saturated rings. The average molecular weight is 301 g/mol. The van der Waals surface area contributed by atoms with Gasteiger partial charge in [0, 0.05) is 18.5 Å². The Labute approximate surface area is 128 Å². The molecule has 0 aliphatic heterocycles. The van der Waals surface area contributed by atoms with Crippen LogP contribution in [0, 0.1) is 5.92 Å². The Kier molecular flexibility index (Phi) is 4.09. The third kappa shape index (κ3) is 2.95. The van der Waals surface area contributed by atoms with Gasteiger partial charge in [0.1, 0.15) is 5.69 Å². The molecule has 6 heteroatoms. The summed E-state index contributed by atoms with van der Waals surface area (Å²) in [5.41, 5.74) is 0.405. The smallest absolute Gasteiger partial charge is 0.267 e. The predicted octanol–water partition coefficient (Wildman–Crippen LogP) is 1.98. The molecule has 0 saturated heterocycles. The number of carbonyl (C=O) groups is 1. The number of hydrogen-bond acceptors (Lipinski definition) is 4. The monoisotopic (exact) mass is 301 g/mol. The number of nitrogens with one attached hydrogen (secondary N) is 1. The fourth-order valence-corrected chi connectivity index (χ4v) is 2.45. The highest BCUT2D eigenvalue weighted by atomic mass is 16.3. The second-order valence-electron chi connectivity index (χ2n) is 5.70. The van der Waals surface area contributed by atoms with Crippen molar-refractivity contribution in [2.75, 3.05) is 6.54 Å². The first-order chi connectivity index (χ1) is 10.6. The third-order valence-corrected chi connectivity index (χ3v) is 4.06. The number of aromatic nitrogens is 2. The average Bonchev–Trinajstić information content (AvgIpc) is 2.97. The van der Waals surface area contributed by atoms with Crippen molar-refractivity contribution < 1.29 is 9.21 Å². The number of hydrogen-bond donors (Lipinski definition) is 1. The van der Waals surface area contributed by atoms with Crippen molar-refractivity contribution in [3.05, 3.63) is 40.9 Å². The van der Waals surface area contributed by atoms with E-state index >= 15 is 0 Å². The molecule has 0 spiro atoms. The molecule has 1 saturated carbocycles. The highest BCUT2D eigenvalue weighted by Crippen LogP contribution is 2.26. The van der Waals surface area contributed by atoms with Gasteiger partial charge < -0.3 is 9.73 Å². The molecule has 3 rings (SSSR count). The summed E-state index contributed by atoms with van der Waals surface area (Å²) in [6.45, 7) is 2.26. The Morgan fingerprint density at radius 3 is 2.91 bits per heavy atom. The summed E-state index contributed by atoms with van der Waals surface area (Å²) in [5, 5.41) is 7.23. The number of carbonyl (C=O) groups excluding carboxylic acids is 1. The van der Waals surface area contributed by atoms with Gasteiger partial charge >= 0.3 is 0 Å². The Morgan fingerprint density at radius 2 is 2.27 bits per heavy atom. The molecule has 116 valence electrons. The van der Waals surface area contributed by atoms with Crippen LogP contribution in [0.3, 0.4) is 0 Å². The summed E-state index contributed by atoms with van der Waals surface area (Å²) >= 11 is 0. The van der Waals surface area contributed by atoms with Gasteiger partial charge in [-0.3, -0.25) is 9.59 Å². The quantitative estimate of drug-likeness (QED) is 0.916. The minimum Gasteiger partial charge on any atom is -0.463 e. The molecule has 1 N–H and O–H groups in total. The number of nitrogens with zero attached hydrogens (tertiary/aromatic N) is 2. The van der Waals surface area contributed by atoms with E-state index in [1.165, 1.54) is 10.7 Å². The Balaban J connectivity index is 1.71. The maximum atomic E-state index is 12.0. The first-order valence-electron chi connectivity index (χ1n) is 7.56. The summed E-state index contributed by atoms with van der Waals surface area (Å²) in [5.74, 6) is 0.833. The van der Waals surface area contributed by atoms with Gasteiger partial charge in [0.15, 0.2) is 5.76 Å². The van der Waals surface area contributed by atoms with Crippen molar-refractivity contribution in [1.29, 1.82) is 0 Å². The van der Waals surface area contributed by atoms with E-state index in [1.807, 2.05) is 6.92 Å². The van der Waals surface area contributed by atoms with Crippen LogP contribution in [-0.4, -0.2) is 22.2 Å². The molecule has 1 aliphatic carbocycles. The minimum absolute atomic E-state index is 0.0772. The molecule has 6 nitrogen and oxygen atoms in total. The fourth-order valence-electron chi connectivity index (χ4n) is 2.45. The van der Waals surface area contributed by atoms with Crippen molar-refractivity contribution in [2.24, 2.45) is 5.92 Å². The van der Waals surface area contributed by atoms with E-state index in [9.17, 15) is 9.59 Å². The first kappa shape index (κ1) is 14.6. The second kappa shape index (κ2) is 6.17. The van der Waals surface area contributed by atoms with Crippen LogP contribution in [0.25, 0.3) is 11.5 Å². The Bertz CT molecular complexity index is 702. The van der Waals surface area contributed by atoms with Crippen LogP contribution in [0.2, 0.25) is 0 Å². The lowest BCUT2D eigenvalue weighted by molar-refractivity contribution is -0.127. The lowest BCUT2D eigenvalue weighted by atomic mass is 9.85. The zero-order chi connectivity index (χ0) is 15.5. The Morgan fingerprint density at radius 1 is 1.45 bits per heavy atom. The van der Waals surface area contributed by atoms with E-state index in [1.54, 1.807) is 24.5 Å². The van der Waals surface area contributed by atoms with E-state index in [4.69, 9.17) is 4.42 Å². The molecule has 0 aromatic carbocycles. The van der Waals surface area contributed by atoms with Crippen molar-refractivity contribution in [1.82, 2.24) is 15.1 Å². The predicted molar refractivity (Wildman–Crippen MR) is 81.3 cm³/mol. The van der Waals surface area contributed by atoms with Gasteiger partial charge in [-0.1, -0.05) is 6.42 Å². The highest BCUT2D eigenvalue weighted by molar-refractivity contribution is 5.79. The maximum absolute atomic E-state index is 12.0. The molecule has 1 atom stereocenters.